The zero-order valence-corrected chi connectivity index (χ0v) is 8.34. The predicted octanol–water partition coefficient (Wildman–Crippen LogP) is -0.606. The van der Waals surface area contributed by atoms with E-state index in [1.165, 1.54) is 6.92 Å². The van der Waals surface area contributed by atoms with E-state index in [0.717, 1.165) is 11.8 Å². The number of aliphatic carboxylic acids is 2. The van der Waals surface area contributed by atoms with E-state index in [-0.39, 0.29) is 11.5 Å². The van der Waals surface area contributed by atoms with Crippen LogP contribution in [0.1, 0.15) is 6.92 Å². The van der Waals surface area contributed by atoms with Gasteiger partial charge in [-0.05, 0) is 6.92 Å². The molecule has 1 amide bonds. The average Bonchev–Trinajstić information content (AvgIpc) is 2.02. The molecule has 0 aromatic carbocycles. The lowest BCUT2D eigenvalue weighted by atomic mass is 10.3. The van der Waals surface area contributed by atoms with E-state index < -0.39 is 23.9 Å². The van der Waals surface area contributed by atoms with E-state index in [1.54, 1.807) is 0 Å². The monoisotopic (exact) mass is 221 g/mol. The summed E-state index contributed by atoms with van der Waals surface area (Å²) in [5.74, 6) is -2.83. The van der Waals surface area contributed by atoms with Gasteiger partial charge in [0.1, 0.15) is 6.04 Å². The molecule has 0 aliphatic rings. The van der Waals surface area contributed by atoms with Crippen molar-refractivity contribution in [2.45, 2.75) is 13.0 Å². The number of carboxylic acids is 2. The Kier molecular flexibility index (Phi) is 5.70. The molecule has 14 heavy (non-hydrogen) atoms. The summed E-state index contributed by atoms with van der Waals surface area (Å²) in [7, 11) is 0. The van der Waals surface area contributed by atoms with E-state index in [4.69, 9.17) is 10.2 Å². The van der Waals surface area contributed by atoms with Crippen LogP contribution in [-0.4, -0.2) is 45.6 Å². The Balaban J connectivity index is 3.65. The number of thioether (sulfide) groups is 1. The smallest absolute Gasteiger partial charge is 0.325 e. The van der Waals surface area contributed by atoms with Gasteiger partial charge in [0.05, 0.1) is 11.5 Å². The van der Waals surface area contributed by atoms with Crippen molar-refractivity contribution in [1.82, 2.24) is 5.32 Å². The molecule has 0 bridgehead atoms. The number of hydrogen-bond donors (Lipinski definition) is 3. The summed E-state index contributed by atoms with van der Waals surface area (Å²) in [6.45, 7) is 1.34. The number of rotatable bonds is 6. The first-order valence-electron chi connectivity index (χ1n) is 3.75. The van der Waals surface area contributed by atoms with Crippen LogP contribution in [-0.2, 0) is 14.4 Å². The van der Waals surface area contributed by atoms with Crippen LogP contribution >= 0.6 is 11.8 Å². The first-order chi connectivity index (χ1) is 6.43. The fraction of sp³-hybridized carbons (Fsp3) is 0.571. The number of carbonyl (C=O) groups excluding carboxylic acids is 1. The van der Waals surface area contributed by atoms with Crippen LogP contribution in [0.25, 0.3) is 0 Å². The topological polar surface area (TPSA) is 104 Å². The number of carboxylic acid groups (broad SMARTS) is 2. The highest BCUT2D eigenvalue weighted by Crippen LogP contribution is 1.98. The predicted molar refractivity (Wildman–Crippen MR) is 50.2 cm³/mol. The van der Waals surface area contributed by atoms with Crippen molar-refractivity contribution in [2.75, 3.05) is 11.5 Å². The maximum atomic E-state index is 11.0. The molecule has 0 fully saturated rings. The van der Waals surface area contributed by atoms with Gasteiger partial charge < -0.3 is 15.5 Å². The van der Waals surface area contributed by atoms with Crippen LogP contribution in [0.2, 0.25) is 0 Å². The van der Waals surface area contributed by atoms with Gasteiger partial charge in [0.2, 0.25) is 5.91 Å². The van der Waals surface area contributed by atoms with Crippen LogP contribution < -0.4 is 5.32 Å². The molecule has 80 valence electrons. The lowest BCUT2D eigenvalue weighted by Gasteiger charge is -2.07. The molecule has 1 atom stereocenters. The van der Waals surface area contributed by atoms with Crippen molar-refractivity contribution < 1.29 is 24.6 Å². The van der Waals surface area contributed by atoms with Gasteiger partial charge in [0, 0.05) is 0 Å². The van der Waals surface area contributed by atoms with Crippen LogP contribution in [0.5, 0.6) is 0 Å². The molecule has 0 aliphatic heterocycles. The molecule has 3 N–H and O–H groups in total. The lowest BCUT2D eigenvalue weighted by molar-refractivity contribution is -0.141. The first-order valence-corrected chi connectivity index (χ1v) is 4.90. The average molecular weight is 221 g/mol. The molecule has 7 heteroatoms. The van der Waals surface area contributed by atoms with Crippen molar-refractivity contribution in [3.63, 3.8) is 0 Å². The minimum absolute atomic E-state index is 0.0517. The molecule has 0 aromatic heterocycles. The van der Waals surface area contributed by atoms with Crippen LogP contribution in [0.3, 0.4) is 0 Å². The van der Waals surface area contributed by atoms with E-state index in [9.17, 15) is 14.4 Å². The minimum atomic E-state index is -1.12. The Bertz CT molecular complexity index is 242. The zero-order valence-electron chi connectivity index (χ0n) is 7.52. The number of nitrogens with one attached hydrogen (secondary N) is 1. The van der Waals surface area contributed by atoms with Gasteiger partial charge in [-0.25, -0.2) is 0 Å². The largest absolute Gasteiger partial charge is 0.481 e. The van der Waals surface area contributed by atoms with Crippen molar-refractivity contribution >= 4 is 29.6 Å². The molecule has 0 saturated heterocycles. The molecule has 0 radical (unpaired) electrons. The number of amides is 1. The van der Waals surface area contributed by atoms with Gasteiger partial charge in [0.15, 0.2) is 0 Å². The fourth-order valence-corrected chi connectivity index (χ4v) is 1.12. The Hall–Kier alpha value is -1.24. The van der Waals surface area contributed by atoms with Crippen molar-refractivity contribution in [3.05, 3.63) is 0 Å². The van der Waals surface area contributed by atoms with Gasteiger partial charge in [0.25, 0.3) is 0 Å². The highest BCUT2D eigenvalue weighted by molar-refractivity contribution is 8.00. The Morgan fingerprint density at radius 1 is 1.29 bits per heavy atom. The summed E-state index contributed by atoms with van der Waals surface area (Å²) >= 11 is 0.919. The van der Waals surface area contributed by atoms with Gasteiger partial charge in [-0.15, -0.1) is 11.8 Å². The summed E-state index contributed by atoms with van der Waals surface area (Å²) in [6, 6.07) is -0.951. The Morgan fingerprint density at radius 2 is 1.86 bits per heavy atom. The number of carbonyl (C=O) groups is 3. The third kappa shape index (κ3) is 6.30. The summed E-state index contributed by atoms with van der Waals surface area (Å²) in [5, 5.41) is 18.9. The Labute approximate surface area is 84.7 Å². The van der Waals surface area contributed by atoms with E-state index in [2.05, 4.69) is 5.32 Å². The van der Waals surface area contributed by atoms with Gasteiger partial charge in [-0.3, -0.25) is 14.4 Å². The highest BCUT2D eigenvalue weighted by Gasteiger charge is 2.13. The molecule has 6 nitrogen and oxygen atoms in total. The van der Waals surface area contributed by atoms with Crippen molar-refractivity contribution in [3.8, 4) is 0 Å². The van der Waals surface area contributed by atoms with Crippen molar-refractivity contribution in [2.24, 2.45) is 0 Å². The third-order valence-corrected chi connectivity index (χ3v) is 2.12. The second-order valence-corrected chi connectivity index (χ2v) is 3.50. The summed E-state index contributed by atoms with van der Waals surface area (Å²) in [6.07, 6.45) is 0. The molecule has 0 aromatic rings. The standard InChI is InChI=1S/C7H11NO5S/c1-4(7(12)13)8-5(9)2-14-3-6(10)11/h4H,2-3H2,1H3,(H,8,9)(H,10,11)(H,12,13)/t4-/m0/s1. The number of hydrogen-bond acceptors (Lipinski definition) is 4. The van der Waals surface area contributed by atoms with E-state index in [1.807, 2.05) is 0 Å². The molecule has 0 heterocycles. The minimum Gasteiger partial charge on any atom is -0.481 e. The van der Waals surface area contributed by atoms with Gasteiger partial charge >= 0.3 is 11.9 Å². The second-order valence-electron chi connectivity index (χ2n) is 2.51. The maximum absolute atomic E-state index is 11.0. The molecular formula is C7H11NO5S. The molecule has 0 unspecified atom stereocenters. The quantitative estimate of drug-likeness (QED) is 0.553. The Morgan fingerprint density at radius 3 is 2.29 bits per heavy atom. The highest BCUT2D eigenvalue weighted by atomic mass is 32.2. The molecule has 0 rings (SSSR count). The third-order valence-electron chi connectivity index (χ3n) is 1.21. The maximum Gasteiger partial charge on any atom is 0.325 e. The van der Waals surface area contributed by atoms with Crippen LogP contribution in [0.4, 0.5) is 0 Å². The molecular weight excluding hydrogens is 210 g/mol. The summed E-state index contributed by atoms with van der Waals surface area (Å²) in [5.41, 5.74) is 0. The summed E-state index contributed by atoms with van der Waals surface area (Å²) < 4.78 is 0. The first kappa shape index (κ1) is 12.8. The second kappa shape index (κ2) is 6.25. The van der Waals surface area contributed by atoms with Crippen molar-refractivity contribution in [1.29, 1.82) is 0 Å². The van der Waals surface area contributed by atoms with Crippen LogP contribution in [0.15, 0.2) is 0 Å². The zero-order chi connectivity index (χ0) is 11.1. The van der Waals surface area contributed by atoms with Gasteiger partial charge in [-0.2, -0.15) is 0 Å². The fourth-order valence-electron chi connectivity index (χ4n) is 0.576. The molecule has 0 spiro atoms. The molecule has 0 saturated carbocycles. The lowest BCUT2D eigenvalue weighted by Crippen LogP contribution is -2.39. The molecule has 0 aliphatic carbocycles. The van der Waals surface area contributed by atoms with Crippen LogP contribution in [0, 0.1) is 0 Å². The normalized spacial score (nSPS) is 11.8. The van der Waals surface area contributed by atoms with E-state index >= 15 is 0 Å². The van der Waals surface area contributed by atoms with Gasteiger partial charge in [-0.1, -0.05) is 0 Å². The summed E-state index contributed by atoms with van der Waals surface area (Å²) in [4.78, 5) is 31.3. The van der Waals surface area contributed by atoms with E-state index in [0.29, 0.717) is 0 Å². The SMILES string of the molecule is C[C@H](NC(=O)CSCC(=O)O)C(=O)O.